The second-order valence-electron chi connectivity index (χ2n) is 5.63. The van der Waals surface area contributed by atoms with Crippen molar-refractivity contribution >= 4 is 38.8 Å². The molecular weight excluding hydrogens is 360 g/mol. The number of nitrogens with zero attached hydrogens (tertiary/aromatic N) is 3. The molecule has 0 radical (unpaired) electrons. The van der Waals surface area contributed by atoms with Crippen LogP contribution in [-0.2, 0) is 0 Å². The van der Waals surface area contributed by atoms with E-state index >= 15 is 0 Å². The molecule has 4 rings (SSSR count). The van der Waals surface area contributed by atoms with Crippen molar-refractivity contribution in [2.45, 2.75) is 25.7 Å². The molecule has 1 aliphatic carbocycles. The Morgan fingerprint density at radius 2 is 2.22 bits per heavy atom. The summed E-state index contributed by atoms with van der Waals surface area (Å²) in [6.45, 7) is 1.80. The monoisotopic (exact) mass is 372 g/mol. The summed E-state index contributed by atoms with van der Waals surface area (Å²) >= 11 is 3.32. The maximum absolute atomic E-state index is 12.7. The molecule has 0 atom stereocenters. The lowest BCUT2D eigenvalue weighted by atomic mass is 10.1. The van der Waals surface area contributed by atoms with Gasteiger partial charge in [0.15, 0.2) is 0 Å². The Morgan fingerprint density at radius 3 is 2.91 bits per heavy atom. The van der Waals surface area contributed by atoms with Gasteiger partial charge in [0.05, 0.1) is 16.6 Å². The molecule has 1 aliphatic rings. The van der Waals surface area contributed by atoms with Crippen LogP contribution in [0, 0.1) is 6.92 Å². The molecule has 0 aromatic carbocycles. The predicted molar refractivity (Wildman–Crippen MR) is 88.4 cm³/mol. The summed E-state index contributed by atoms with van der Waals surface area (Å²) in [6, 6.07) is 5.41. The van der Waals surface area contributed by atoms with Gasteiger partial charge in [-0.1, -0.05) is 5.16 Å². The van der Waals surface area contributed by atoms with Crippen molar-refractivity contribution in [1.29, 1.82) is 0 Å². The number of halogens is 1. The van der Waals surface area contributed by atoms with Crippen molar-refractivity contribution in [1.82, 2.24) is 15.1 Å². The SMILES string of the molecule is Cc1noc2nc(C3CC3)cc(C(=O)Nc3ccc(Br)cn3)c12. The molecule has 1 fully saturated rings. The first kappa shape index (κ1) is 14.3. The van der Waals surface area contributed by atoms with E-state index in [1.807, 2.05) is 12.1 Å². The molecule has 1 amide bonds. The van der Waals surface area contributed by atoms with Crippen LogP contribution in [0.15, 0.2) is 33.4 Å². The third-order valence-electron chi connectivity index (χ3n) is 3.85. The molecule has 1 saturated carbocycles. The van der Waals surface area contributed by atoms with E-state index in [4.69, 9.17) is 4.52 Å². The zero-order valence-electron chi connectivity index (χ0n) is 12.3. The zero-order chi connectivity index (χ0) is 16.0. The number of fused-ring (bicyclic) bond motifs is 1. The second kappa shape index (κ2) is 5.42. The van der Waals surface area contributed by atoms with Crippen LogP contribution in [-0.4, -0.2) is 21.0 Å². The van der Waals surface area contributed by atoms with E-state index in [1.54, 1.807) is 19.2 Å². The molecule has 0 spiro atoms. The minimum absolute atomic E-state index is 0.236. The van der Waals surface area contributed by atoms with Crippen LogP contribution in [0.25, 0.3) is 11.1 Å². The van der Waals surface area contributed by atoms with Crippen molar-refractivity contribution in [3.8, 4) is 0 Å². The number of aromatic nitrogens is 3. The van der Waals surface area contributed by atoms with Gasteiger partial charge in [-0.25, -0.2) is 9.97 Å². The van der Waals surface area contributed by atoms with Crippen molar-refractivity contribution in [3.05, 3.63) is 45.8 Å². The molecule has 6 nitrogen and oxygen atoms in total. The van der Waals surface area contributed by atoms with E-state index < -0.39 is 0 Å². The Hall–Kier alpha value is -2.28. The number of carbonyl (C=O) groups excluding carboxylic acids is 1. The fourth-order valence-corrected chi connectivity index (χ4v) is 2.75. The van der Waals surface area contributed by atoms with Crippen molar-refractivity contribution in [2.24, 2.45) is 0 Å². The molecule has 0 bridgehead atoms. The number of hydrogen-bond donors (Lipinski definition) is 1. The standard InChI is InChI=1S/C16H13BrN4O2/c1-8-14-11(15(22)20-13-5-4-10(17)7-18-13)6-12(9-2-3-9)19-16(14)23-21-8/h4-7,9H,2-3H2,1H3,(H,18,20,22). The highest BCUT2D eigenvalue weighted by Crippen LogP contribution is 2.40. The van der Waals surface area contributed by atoms with Crippen molar-refractivity contribution in [2.75, 3.05) is 5.32 Å². The van der Waals surface area contributed by atoms with E-state index in [2.05, 4.69) is 36.4 Å². The van der Waals surface area contributed by atoms with Gasteiger partial charge in [-0.3, -0.25) is 4.79 Å². The number of anilines is 1. The van der Waals surface area contributed by atoms with Crippen LogP contribution < -0.4 is 5.32 Å². The number of carbonyl (C=O) groups is 1. The normalized spacial score (nSPS) is 14.2. The molecule has 3 aromatic rings. The van der Waals surface area contributed by atoms with Crippen LogP contribution in [0.2, 0.25) is 0 Å². The fourth-order valence-electron chi connectivity index (χ4n) is 2.51. The first-order chi connectivity index (χ1) is 11.1. The predicted octanol–water partition coefficient (Wildman–Crippen LogP) is 3.82. The van der Waals surface area contributed by atoms with Crippen LogP contribution in [0.4, 0.5) is 5.82 Å². The molecule has 0 unspecified atom stereocenters. The summed E-state index contributed by atoms with van der Waals surface area (Å²) in [6.07, 6.45) is 3.83. The summed E-state index contributed by atoms with van der Waals surface area (Å²) in [5, 5.41) is 7.41. The Labute approximate surface area is 140 Å². The van der Waals surface area contributed by atoms with Crippen LogP contribution in [0.5, 0.6) is 0 Å². The molecule has 3 heterocycles. The molecule has 3 aromatic heterocycles. The van der Waals surface area contributed by atoms with Crippen LogP contribution in [0.3, 0.4) is 0 Å². The van der Waals surface area contributed by atoms with Gasteiger partial charge in [0, 0.05) is 22.3 Å². The largest absolute Gasteiger partial charge is 0.336 e. The van der Waals surface area contributed by atoms with E-state index in [0.29, 0.717) is 34.1 Å². The minimum Gasteiger partial charge on any atom is -0.336 e. The summed E-state index contributed by atoms with van der Waals surface area (Å²) in [7, 11) is 0. The average molecular weight is 373 g/mol. The minimum atomic E-state index is -0.236. The third kappa shape index (κ3) is 2.72. The molecule has 23 heavy (non-hydrogen) atoms. The first-order valence-corrected chi connectivity index (χ1v) is 8.11. The molecule has 0 aliphatic heterocycles. The molecule has 1 N–H and O–H groups in total. The number of nitrogens with one attached hydrogen (secondary N) is 1. The Balaban J connectivity index is 1.75. The number of hydrogen-bond acceptors (Lipinski definition) is 5. The maximum Gasteiger partial charge on any atom is 0.259 e. The number of amides is 1. The van der Waals surface area contributed by atoms with Gasteiger partial charge in [-0.05, 0) is 53.9 Å². The molecule has 0 saturated heterocycles. The van der Waals surface area contributed by atoms with Gasteiger partial charge in [-0.15, -0.1) is 0 Å². The summed E-state index contributed by atoms with van der Waals surface area (Å²) in [5.41, 5.74) is 2.49. The molecule has 7 heteroatoms. The highest BCUT2D eigenvalue weighted by atomic mass is 79.9. The smallest absolute Gasteiger partial charge is 0.259 e. The van der Waals surface area contributed by atoms with E-state index in [0.717, 1.165) is 23.0 Å². The van der Waals surface area contributed by atoms with Gasteiger partial charge in [0.2, 0.25) is 0 Å². The Morgan fingerprint density at radius 1 is 1.39 bits per heavy atom. The summed E-state index contributed by atoms with van der Waals surface area (Å²) in [4.78, 5) is 21.4. The van der Waals surface area contributed by atoms with Gasteiger partial charge < -0.3 is 9.84 Å². The van der Waals surface area contributed by atoms with E-state index in [9.17, 15) is 4.79 Å². The highest BCUT2D eigenvalue weighted by Gasteiger charge is 2.28. The Kier molecular flexibility index (Phi) is 3.37. The van der Waals surface area contributed by atoms with E-state index in [-0.39, 0.29) is 5.91 Å². The topological polar surface area (TPSA) is 80.9 Å². The highest BCUT2D eigenvalue weighted by molar-refractivity contribution is 9.10. The third-order valence-corrected chi connectivity index (χ3v) is 4.32. The second-order valence-corrected chi connectivity index (χ2v) is 6.55. The van der Waals surface area contributed by atoms with Crippen molar-refractivity contribution in [3.63, 3.8) is 0 Å². The number of aryl methyl sites for hydroxylation is 1. The van der Waals surface area contributed by atoms with Gasteiger partial charge in [-0.2, -0.15) is 0 Å². The molecule has 116 valence electrons. The Bertz CT molecular complexity index is 900. The average Bonchev–Trinajstić information content (AvgIpc) is 3.33. The lowest BCUT2D eigenvalue weighted by molar-refractivity contribution is 0.102. The number of rotatable bonds is 3. The molecular formula is C16H13BrN4O2. The van der Waals surface area contributed by atoms with Crippen LogP contribution in [0.1, 0.15) is 40.5 Å². The van der Waals surface area contributed by atoms with E-state index in [1.165, 1.54) is 0 Å². The maximum atomic E-state index is 12.7. The number of pyridine rings is 2. The zero-order valence-corrected chi connectivity index (χ0v) is 13.9. The summed E-state index contributed by atoms with van der Waals surface area (Å²) < 4.78 is 6.12. The quantitative estimate of drug-likeness (QED) is 0.755. The van der Waals surface area contributed by atoms with Gasteiger partial charge >= 0.3 is 0 Å². The lowest BCUT2D eigenvalue weighted by Crippen LogP contribution is -2.14. The fraction of sp³-hybridized carbons (Fsp3) is 0.250. The van der Waals surface area contributed by atoms with Gasteiger partial charge in [0.1, 0.15) is 5.82 Å². The van der Waals surface area contributed by atoms with Gasteiger partial charge in [0.25, 0.3) is 11.6 Å². The lowest BCUT2D eigenvalue weighted by Gasteiger charge is -2.07. The first-order valence-electron chi connectivity index (χ1n) is 7.31. The van der Waals surface area contributed by atoms with Crippen molar-refractivity contribution < 1.29 is 9.32 Å². The van der Waals surface area contributed by atoms with Crippen LogP contribution >= 0.6 is 15.9 Å². The summed E-state index contributed by atoms with van der Waals surface area (Å²) in [5.74, 6) is 0.674.